The average Bonchev–Trinajstić information content (AvgIpc) is 3.09. The molecule has 0 aromatic heterocycles. The minimum absolute atomic E-state index is 0.0145. The van der Waals surface area contributed by atoms with Crippen molar-refractivity contribution in [3.63, 3.8) is 0 Å². The van der Waals surface area contributed by atoms with Crippen molar-refractivity contribution in [1.29, 1.82) is 0 Å². The highest BCUT2D eigenvalue weighted by Crippen LogP contribution is 2.42. The first-order valence-corrected chi connectivity index (χ1v) is 27.9. The molecule has 0 amide bonds. The molecule has 0 unspecified atom stereocenters. The van der Waals surface area contributed by atoms with Crippen LogP contribution in [0, 0.1) is 0 Å². The number of rotatable bonds is 17. The Hall–Kier alpha value is -2.90. The van der Waals surface area contributed by atoms with Crippen LogP contribution in [0.15, 0.2) is 121 Å². The number of aliphatic hydroxyl groups is 1. The zero-order valence-corrected chi connectivity index (χ0v) is 39.9. The second-order valence-electron chi connectivity index (χ2n) is 19.4. The average molecular weight is 817 g/mol. The quantitative estimate of drug-likeness (QED) is 0.0742. The molecule has 3 rings (SSSR count). The highest BCUT2D eigenvalue weighted by molar-refractivity contribution is 6.99. The molecule has 0 radical (unpaired) electrons. The number of carbonyl (C=O) groups is 1. The second-order valence-corrected chi connectivity index (χ2v) is 33.2. The van der Waals surface area contributed by atoms with E-state index in [2.05, 4.69) is 161 Å². The summed E-state index contributed by atoms with van der Waals surface area (Å²) in [6, 6.07) is 21.4. The fourth-order valence-electron chi connectivity index (χ4n) is 6.32. The summed E-state index contributed by atoms with van der Waals surface area (Å²) in [5.41, 5.74) is -1.35. The van der Waals surface area contributed by atoms with Gasteiger partial charge in [0.25, 0.3) is 8.32 Å². The first kappa shape index (κ1) is 47.5. The molecule has 0 saturated heterocycles. The standard InChI is InChI=1S/C47H72O6Si3/c1-44(2,3)54(11,12)52-39(37-42(53-55(13,14)45(4,5)6)47(10,49)35-34-38-28-26-33-43(48)51-38)27-20-16-15-17-25-36-50-56(46(7,8)9,40-29-21-18-22-30-40)41-31-23-19-24-32-41/h15-27,29-35,38-39,42,49H,28,36-37H2,1-14H3/b16-15-,25-17+,27-20-,35-34?/t38-,39+,42-,47-/m1/s1. The first-order chi connectivity index (χ1) is 25.8. The summed E-state index contributed by atoms with van der Waals surface area (Å²) in [5, 5.41) is 14.5. The first-order valence-electron chi connectivity index (χ1n) is 20.2. The van der Waals surface area contributed by atoms with Crippen molar-refractivity contribution in [3.05, 3.63) is 121 Å². The van der Waals surface area contributed by atoms with Crippen molar-refractivity contribution in [1.82, 2.24) is 0 Å². The Morgan fingerprint density at radius 3 is 1.77 bits per heavy atom. The van der Waals surface area contributed by atoms with E-state index >= 15 is 0 Å². The van der Waals surface area contributed by atoms with Gasteiger partial charge < -0.3 is 23.1 Å². The van der Waals surface area contributed by atoms with Crippen molar-refractivity contribution < 1.29 is 27.9 Å². The lowest BCUT2D eigenvalue weighted by atomic mass is 9.93. The van der Waals surface area contributed by atoms with Gasteiger partial charge in [-0.25, -0.2) is 4.79 Å². The SMILES string of the molecule is CC(C)(C)[Si](C)(C)O[C@@H](\C=C/C=C\C=C\CO[Si](c1ccccc1)(c1ccccc1)C(C)(C)C)C[C@@H](O[Si](C)(C)C(C)(C)C)[C@](C)(O)C=C[C@H]1CC=CC(=O)O1. The normalized spacial score (nSPS) is 18.9. The second kappa shape index (κ2) is 19.2. The van der Waals surface area contributed by atoms with Crippen LogP contribution in [0.25, 0.3) is 0 Å². The van der Waals surface area contributed by atoms with Gasteiger partial charge in [-0.15, -0.1) is 0 Å². The molecule has 1 aliphatic heterocycles. The monoisotopic (exact) mass is 816 g/mol. The summed E-state index contributed by atoms with van der Waals surface area (Å²) < 4.78 is 26.6. The Kier molecular flexibility index (Phi) is 16.3. The maximum absolute atomic E-state index is 12.1. The number of benzene rings is 2. The minimum atomic E-state index is -2.62. The highest BCUT2D eigenvalue weighted by atomic mass is 28.4. The molecule has 56 heavy (non-hydrogen) atoms. The maximum Gasteiger partial charge on any atom is 0.331 e. The molecular weight excluding hydrogens is 745 g/mol. The van der Waals surface area contributed by atoms with E-state index in [1.807, 2.05) is 24.3 Å². The Morgan fingerprint density at radius 1 is 0.750 bits per heavy atom. The fraction of sp³-hybridized carbons (Fsp3) is 0.511. The van der Waals surface area contributed by atoms with Crippen LogP contribution in [-0.4, -0.2) is 66.5 Å². The lowest BCUT2D eigenvalue weighted by Crippen LogP contribution is -2.66. The third kappa shape index (κ3) is 12.8. The molecule has 9 heteroatoms. The van der Waals surface area contributed by atoms with Gasteiger partial charge in [0.1, 0.15) is 11.7 Å². The van der Waals surface area contributed by atoms with Crippen molar-refractivity contribution in [2.24, 2.45) is 0 Å². The number of hydrogen-bond acceptors (Lipinski definition) is 6. The smallest absolute Gasteiger partial charge is 0.331 e. The number of esters is 1. The molecule has 1 aliphatic rings. The predicted molar refractivity (Wildman–Crippen MR) is 243 cm³/mol. The van der Waals surface area contributed by atoms with Crippen molar-refractivity contribution in [2.75, 3.05) is 6.61 Å². The summed E-state index contributed by atoms with van der Waals surface area (Å²) in [5.74, 6) is -0.373. The van der Waals surface area contributed by atoms with Gasteiger partial charge in [0.15, 0.2) is 16.6 Å². The van der Waals surface area contributed by atoms with Gasteiger partial charge in [-0.3, -0.25) is 0 Å². The molecular formula is C47H72O6Si3. The van der Waals surface area contributed by atoms with Gasteiger partial charge >= 0.3 is 5.97 Å². The zero-order chi connectivity index (χ0) is 42.1. The summed E-state index contributed by atoms with van der Waals surface area (Å²) >= 11 is 0. The minimum Gasteiger partial charge on any atom is -0.455 e. The Bertz CT molecular complexity index is 1650. The summed E-state index contributed by atoms with van der Waals surface area (Å²) in [7, 11) is -7.18. The topological polar surface area (TPSA) is 74.2 Å². The molecule has 2 aromatic rings. The molecule has 308 valence electrons. The number of ether oxygens (including phenoxy) is 1. The van der Waals surface area contributed by atoms with Crippen LogP contribution in [0.2, 0.25) is 41.3 Å². The Labute approximate surface area is 343 Å². The number of cyclic esters (lactones) is 1. The van der Waals surface area contributed by atoms with Gasteiger partial charge in [0.05, 0.1) is 18.8 Å². The van der Waals surface area contributed by atoms with E-state index in [9.17, 15) is 9.90 Å². The van der Waals surface area contributed by atoms with Gasteiger partial charge in [-0.2, -0.15) is 0 Å². The van der Waals surface area contributed by atoms with Crippen LogP contribution in [0.5, 0.6) is 0 Å². The third-order valence-electron chi connectivity index (χ3n) is 11.7. The molecule has 4 atom stereocenters. The number of allylic oxidation sites excluding steroid dienone is 4. The molecule has 0 saturated carbocycles. The van der Waals surface area contributed by atoms with Crippen LogP contribution >= 0.6 is 0 Å². The van der Waals surface area contributed by atoms with Gasteiger partial charge in [-0.05, 0) is 64.7 Å². The van der Waals surface area contributed by atoms with E-state index in [1.165, 1.54) is 16.4 Å². The predicted octanol–water partition coefficient (Wildman–Crippen LogP) is 10.6. The molecule has 0 aliphatic carbocycles. The molecule has 2 aromatic carbocycles. The van der Waals surface area contributed by atoms with Gasteiger partial charge in [0.2, 0.25) is 0 Å². The van der Waals surface area contributed by atoms with Gasteiger partial charge in [0, 0.05) is 18.9 Å². The van der Waals surface area contributed by atoms with Crippen LogP contribution in [-0.2, 0) is 22.8 Å². The van der Waals surface area contributed by atoms with Crippen LogP contribution in [0.4, 0.5) is 0 Å². The van der Waals surface area contributed by atoms with E-state index in [-0.39, 0.29) is 27.2 Å². The van der Waals surface area contributed by atoms with E-state index in [1.54, 1.807) is 25.2 Å². The lowest BCUT2D eigenvalue weighted by Gasteiger charge is -2.45. The van der Waals surface area contributed by atoms with E-state index in [0.29, 0.717) is 19.4 Å². The lowest BCUT2D eigenvalue weighted by molar-refractivity contribution is -0.141. The molecule has 6 nitrogen and oxygen atoms in total. The van der Waals surface area contributed by atoms with Crippen LogP contribution < -0.4 is 10.4 Å². The Balaban J connectivity index is 1.89. The number of hydrogen-bond donors (Lipinski definition) is 1. The van der Waals surface area contributed by atoms with E-state index in [0.717, 1.165) is 0 Å². The van der Waals surface area contributed by atoms with Crippen LogP contribution in [0.3, 0.4) is 0 Å². The highest BCUT2D eigenvalue weighted by Gasteiger charge is 2.50. The molecule has 1 N–H and O–H groups in total. The van der Waals surface area contributed by atoms with Crippen molar-refractivity contribution in [2.45, 2.75) is 147 Å². The molecule has 0 bridgehead atoms. The Morgan fingerprint density at radius 2 is 1.27 bits per heavy atom. The van der Waals surface area contributed by atoms with E-state index in [4.69, 9.17) is 18.0 Å². The molecule has 0 spiro atoms. The maximum atomic E-state index is 12.1. The fourth-order valence-corrected chi connectivity index (χ4v) is 13.5. The number of carbonyl (C=O) groups excluding carboxylic acids is 1. The summed E-state index contributed by atoms with van der Waals surface area (Å²) in [4.78, 5) is 11.9. The van der Waals surface area contributed by atoms with Crippen molar-refractivity contribution >= 4 is 41.3 Å². The third-order valence-corrected chi connectivity index (χ3v) is 25.7. The van der Waals surface area contributed by atoms with E-state index < -0.39 is 42.8 Å². The molecule has 1 heterocycles. The largest absolute Gasteiger partial charge is 0.455 e. The van der Waals surface area contributed by atoms with Crippen molar-refractivity contribution in [3.8, 4) is 0 Å². The van der Waals surface area contributed by atoms with Gasteiger partial charge in [-0.1, -0.05) is 172 Å². The zero-order valence-electron chi connectivity index (χ0n) is 36.9. The summed E-state index contributed by atoms with van der Waals surface area (Å²) in [6.45, 7) is 31.4. The summed E-state index contributed by atoms with van der Waals surface area (Å²) in [6.07, 6.45) is 18.8. The van der Waals surface area contributed by atoms with Crippen LogP contribution in [0.1, 0.15) is 82.1 Å². The molecule has 0 fully saturated rings.